The van der Waals surface area contributed by atoms with Gasteiger partial charge in [0.05, 0.1) is 0 Å². The molecule has 3 fully saturated rings. The predicted octanol–water partition coefficient (Wildman–Crippen LogP) is 1.89. The van der Waals surface area contributed by atoms with E-state index in [1.165, 1.54) is 0 Å². The molecule has 1 N–H and O–H groups in total. The third kappa shape index (κ3) is 3.30. The lowest BCUT2D eigenvalue weighted by Crippen LogP contribution is -2.48. The van der Waals surface area contributed by atoms with Crippen molar-refractivity contribution in [2.24, 2.45) is 5.92 Å². The lowest BCUT2D eigenvalue weighted by molar-refractivity contribution is -0.139. The van der Waals surface area contributed by atoms with Gasteiger partial charge in [-0.3, -0.25) is 9.59 Å². The van der Waals surface area contributed by atoms with Crippen molar-refractivity contribution in [3.05, 3.63) is 35.9 Å². The Balaban J connectivity index is 1.37. The summed E-state index contributed by atoms with van der Waals surface area (Å²) in [4.78, 5) is 29.8. The SMILES string of the molecule is O=C(c1ccccc1)N1CCC(C(=O)N2C3CCNCC2CC3)CC1. The number of piperidine rings is 1. The minimum absolute atomic E-state index is 0.0843. The number of nitrogens with zero attached hydrogens (tertiary/aromatic N) is 2. The smallest absolute Gasteiger partial charge is 0.253 e. The fourth-order valence-corrected chi connectivity index (χ4v) is 4.65. The molecule has 25 heavy (non-hydrogen) atoms. The zero-order valence-corrected chi connectivity index (χ0v) is 14.7. The summed E-state index contributed by atoms with van der Waals surface area (Å²) in [5.74, 6) is 0.509. The van der Waals surface area contributed by atoms with Gasteiger partial charge in [0, 0.05) is 43.2 Å². The second-order valence-corrected chi connectivity index (χ2v) is 7.56. The summed E-state index contributed by atoms with van der Waals surface area (Å²) < 4.78 is 0. The van der Waals surface area contributed by atoms with E-state index in [-0.39, 0.29) is 11.8 Å². The number of carbonyl (C=O) groups excluding carboxylic acids is 2. The monoisotopic (exact) mass is 341 g/mol. The summed E-state index contributed by atoms with van der Waals surface area (Å²) in [6.45, 7) is 3.33. The zero-order chi connectivity index (χ0) is 17.2. The Labute approximate surface area is 149 Å². The second-order valence-electron chi connectivity index (χ2n) is 7.56. The van der Waals surface area contributed by atoms with Crippen molar-refractivity contribution >= 4 is 11.8 Å². The molecule has 1 aromatic rings. The maximum absolute atomic E-state index is 13.1. The van der Waals surface area contributed by atoms with E-state index >= 15 is 0 Å². The molecule has 3 aliphatic heterocycles. The Morgan fingerprint density at radius 2 is 1.64 bits per heavy atom. The number of hydrogen-bond acceptors (Lipinski definition) is 3. The van der Waals surface area contributed by atoms with E-state index in [1.54, 1.807) is 0 Å². The summed E-state index contributed by atoms with van der Waals surface area (Å²) in [5, 5.41) is 3.46. The fourth-order valence-electron chi connectivity index (χ4n) is 4.65. The molecule has 1 aromatic carbocycles. The van der Waals surface area contributed by atoms with Crippen LogP contribution in [0.3, 0.4) is 0 Å². The van der Waals surface area contributed by atoms with Gasteiger partial charge in [0.25, 0.3) is 5.91 Å². The molecule has 0 aromatic heterocycles. The predicted molar refractivity (Wildman–Crippen MR) is 96.2 cm³/mol. The summed E-state index contributed by atoms with van der Waals surface area (Å²) in [6.07, 6.45) is 4.95. The molecular weight excluding hydrogens is 314 g/mol. The molecule has 134 valence electrons. The molecule has 3 saturated heterocycles. The minimum atomic E-state index is 0.0843. The number of rotatable bonds is 2. The average Bonchev–Trinajstić information content (AvgIpc) is 2.94. The maximum Gasteiger partial charge on any atom is 0.253 e. The Morgan fingerprint density at radius 1 is 0.920 bits per heavy atom. The van der Waals surface area contributed by atoms with Crippen molar-refractivity contribution < 1.29 is 9.59 Å². The van der Waals surface area contributed by atoms with Gasteiger partial charge in [0.15, 0.2) is 0 Å². The van der Waals surface area contributed by atoms with Crippen LogP contribution in [0.2, 0.25) is 0 Å². The molecule has 0 spiro atoms. The van der Waals surface area contributed by atoms with E-state index < -0.39 is 0 Å². The molecule has 2 bridgehead atoms. The third-order valence-corrected chi connectivity index (χ3v) is 6.06. The minimum Gasteiger partial charge on any atom is -0.339 e. The van der Waals surface area contributed by atoms with E-state index in [2.05, 4.69) is 10.2 Å². The van der Waals surface area contributed by atoms with Gasteiger partial charge < -0.3 is 15.1 Å². The summed E-state index contributed by atoms with van der Waals surface area (Å²) in [6, 6.07) is 10.2. The number of likely N-dealkylation sites (tertiary alicyclic amines) is 1. The van der Waals surface area contributed by atoms with Gasteiger partial charge >= 0.3 is 0 Å². The van der Waals surface area contributed by atoms with Gasteiger partial charge in [-0.1, -0.05) is 18.2 Å². The quantitative estimate of drug-likeness (QED) is 0.894. The molecule has 2 atom stereocenters. The van der Waals surface area contributed by atoms with Gasteiger partial charge in [-0.25, -0.2) is 0 Å². The van der Waals surface area contributed by atoms with E-state index in [1.807, 2.05) is 35.2 Å². The lowest BCUT2D eigenvalue weighted by Gasteiger charge is -2.36. The van der Waals surface area contributed by atoms with Crippen molar-refractivity contribution in [3.8, 4) is 0 Å². The highest BCUT2D eigenvalue weighted by Crippen LogP contribution is 2.32. The molecule has 0 aliphatic carbocycles. The highest BCUT2D eigenvalue weighted by Gasteiger charge is 2.41. The van der Waals surface area contributed by atoms with Crippen LogP contribution < -0.4 is 5.32 Å². The van der Waals surface area contributed by atoms with Crippen LogP contribution in [0, 0.1) is 5.92 Å². The second kappa shape index (κ2) is 7.16. The third-order valence-electron chi connectivity index (χ3n) is 6.06. The van der Waals surface area contributed by atoms with Crippen molar-refractivity contribution in [2.45, 2.75) is 44.2 Å². The van der Waals surface area contributed by atoms with E-state index in [4.69, 9.17) is 0 Å². The summed E-state index contributed by atoms with van der Waals surface area (Å²) >= 11 is 0. The number of amides is 2. The maximum atomic E-state index is 13.1. The van der Waals surface area contributed by atoms with Crippen LogP contribution in [0.25, 0.3) is 0 Å². The molecule has 2 unspecified atom stereocenters. The van der Waals surface area contributed by atoms with Crippen LogP contribution in [0.4, 0.5) is 0 Å². The normalized spacial score (nSPS) is 27.2. The van der Waals surface area contributed by atoms with Crippen molar-refractivity contribution in [3.63, 3.8) is 0 Å². The first kappa shape index (κ1) is 16.6. The highest BCUT2D eigenvalue weighted by atomic mass is 16.2. The number of benzene rings is 1. The molecule has 2 amide bonds. The molecule has 3 heterocycles. The molecule has 0 saturated carbocycles. The number of carbonyl (C=O) groups is 2. The average molecular weight is 341 g/mol. The van der Waals surface area contributed by atoms with Gasteiger partial charge in [0.2, 0.25) is 5.91 Å². The number of fused-ring (bicyclic) bond motifs is 2. The Hall–Kier alpha value is -1.88. The first-order valence-corrected chi connectivity index (χ1v) is 9.61. The van der Waals surface area contributed by atoms with Crippen molar-refractivity contribution in [1.29, 1.82) is 0 Å². The van der Waals surface area contributed by atoms with Gasteiger partial charge in [-0.2, -0.15) is 0 Å². The first-order valence-electron chi connectivity index (χ1n) is 9.61. The van der Waals surface area contributed by atoms with Gasteiger partial charge in [-0.15, -0.1) is 0 Å². The number of nitrogens with one attached hydrogen (secondary N) is 1. The van der Waals surface area contributed by atoms with Crippen LogP contribution >= 0.6 is 0 Å². The Bertz CT molecular complexity index is 611. The van der Waals surface area contributed by atoms with Crippen LogP contribution in [0.1, 0.15) is 42.5 Å². The van der Waals surface area contributed by atoms with Crippen LogP contribution in [-0.2, 0) is 4.79 Å². The number of hydrogen-bond donors (Lipinski definition) is 1. The van der Waals surface area contributed by atoms with Crippen molar-refractivity contribution in [2.75, 3.05) is 26.2 Å². The standard InChI is InChI=1S/C20H27N3O2/c24-19(15-4-2-1-3-5-15)22-12-9-16(10-13-22)20(25)23-17-6-7-18(23)14-21-11-8-17/h1-5,16-18,21H,6-14H2. The fraction of sp³-hybridized carbons (Fsp3) is 0.600. The molecule has 3 aliphatic rings. The first-order chi connectivity index (χ1) is 12.2. The zero-order valence-electron chi connectivity index (χ0n) is 14.7. The Morgan fingerprint density at radius 3 is 2.40 bits per heavy atom. The largest absolute Gasteiger partial charge is 0.339 e. The molecular formula is C20H27N3O2. The van der Waals surface area contributed by atoms with Gasteiger partial charge in [-0.05, 0) is 50.8 Å². The molecule has 0 radical (unpaired) electrons. The summed E-state index contributed by atoms with van der Waals surface area (Å²) in [5.41, 5.74) is 0.740. The molecule has 5 nitrogen and oxygen atoms in total. The topological polar surface area (TPSA) is 52.7 Å². The lowest BCUT2D eigenvalue weighted by atomic mass is 9.94. The van der Waals surface area contributed by atoms with E-state index in [9.17, 15) is 9.59 Å². The van der Waals surface area contributed by atoms with Crippen molar-refractivity contribution in [1.82, 2.24) is 15.1 Å². The highest BCUT2D eigenvalue weighted by molar-refractivity contribution is 5.94. The van der Waals surface area contributed by atoms with Crippen LogP contribution in [-0.4, -0.2) is 59.9 Å². The molecule has 5 heteroatoms. The molecule has 4 rings (SSSR count). The van der Waals surface area contributed by atoms with E-state index in [0.717, 1.165) is 50.8 Å². The van der Waals surface area contributed by atoms with E-state index in [0.29, 0.717) is 31.1 Å². The Kier molecular flexibility index (Phi) is 4.75. The van der Waals surface area contributed by atoms with Gasteiger partial charge in [0.1, 0.15) is 0 Å². The van der Waals surface area contributed by atoms with Crippen LogP contribution in [0.5, 0.6) is 0 Å². The summed E-state index contributed by atoms with van der Waals surface area (Å²) in [7, 11) is 0. The van der Waals surface area contributed by atoms with Crippen LogP contribution in [0.15, 0.2) is 30.3 Å².